The van der Waals surface area contributed by atoms with Crippen LogP contribution in [0.1, 0.15) is 34.6 Å². The minimum Gasteiger partial charge on any atom is -0.302 e. The Hall–Kier alpha value is 0.0200. The number of thioether (sulfide) groups is 1. The second-order valence-electron chi connectivity index (χ2n) is 3.94. The van der Waals surface area contributed by atoms with Gasteiger partial charge in [0.1, 0.15) is 6.29 Å². The van der Waals surface area contributed by atoms with Crippen molar-refractivity contribution >= 4 is 18.0 Å². The van der Waals surface area contributed by atoms with E-state index < -0.39 is 0 Å². The minimum absolute atomic E-state index is 0.171. The number of rotatable bonds is 2. The molecule has 0 unspecified atom stereocenters. The SMILES string of the molecule is CC(C)(C)SC(C)(C)C=O. The third-order valence-corrected chi connectivity index (χ3v) is 2.09. The molecule has 0 aromatic carbocycles. The molecule has 2 heteroatoms. The smallest absolute Gasteiger partial charge is 0.135 e. The van der Waals surface area contributed by atoms with E-state index in [0.29, 0.717) is 0 Å². The Bertz CT molecular complexity index is 122. The van der Waals surface area contributed by atoms with Gasteiger partial charge in [0.25, 0.3) is 0 Å². The van der Waals surface area contributed by atoms with Gasteiger partial charge in [-0.05, 0) is 13.8 Å². The van der Waals surface area contributed by atoms with Crippen LogP contribution in [0.4, 0.5) is 0 Å². The summed E-state index contributed by atoms with van der Waals surface area (Å²) in [5, 5.41) is 0. The highest BCUT2D eigenvalue weighted by Gasteiger charge is 2.24. The molecule has 0 aromatic rings. The van der Waals surface area contributed by atoms with Crippen LogP contribution < -0.4 is 0 Å². The van der Waals surface area contributed by atoms with Crippen molar-refractivity contribution in [2.24, 2.45) is 0 Å². The van der Waals surface area contributed by atoms with Crippen molar-refractivity contribution in [1.29, 1.82) is 0 Å². The van der Waals surface area contributed by atoms with E-state index in [1.807, 2.05) is 13.8 Å². The van der Waals surface area contributed by atoms with Crippen molar-refractivity contribution in [3.63, 3.8) is 0 Å². The Morgan fingerprint density at radius 1 is 1.10 bits per heavy atom. The second kappa shape index (κ2) is 2.95. The van der Waals surface area contributed by atoms with Gasteiger partial charge in [0.05, 0.1) is 4.75 Å². The van der Waals surface area contributed by atoms with E-state index in [1.54, 1.807) is 11.8 Å². The van der Waals surface area contributed by atoms with E-state index in [-0.39, 0.29) is 9.49 Å². The standard InChI is InChI=1S/C8H16OS/c1-7(2,3)10-8(4,5)6-9/h6H,1-5H3. The summed E-state index contributed by atoms with van der Waals surface area (Å²) < 4.78 is -0.0668. The van der Waals surface area contributed by atoms with Crippen molar-refractivity contribution in [3.05, 3.63) is 0 Å². The largest absolute Gasteiger partial charge is 0.302 e. The zero-order chi connectivity index (χ0) is 8.41. The topological polar surface area (TPSA) is 17.1 Å². The van der Waals surface area contributed by atoms with Gasteiger partial charge in [-0.3, -0.25) is 0 Å². The Labute approximate surface area is 67.6 Å². The summed E-state index contributed by atoms with van der Waals surface area (Å²) in [6, 6.07) is 0. The van der Waals surface area contributed by atoms with Crippen LogP contribution in [0.2, 0.25) is 0 Å². The highest BCUT2D eigenvalue weighted by atomic mass is 32.2. The maximum Gasteiger partial charge on any atom is 0.135 e. The van der Waals surface area contributed by atoms with Crippen LogP contribution in [-0.4, -0.2) is 15.8 Å². The van der Waals surface area contributed by atoms with E-state index >= 15 is 0 Å². The average Bonchev–Trinajstić information content (AvgIpc) is 1.60. The molecule has 0 aliphatic rings. The van der Waals surface area contributed by atoms with Crippen LogP contribution in [0.25, 0.3) is 0 Å². The van der Waals surface area contributed by atoms with Crippen LogP contribution in [0.3, 0.4) is 0 Å². The molecule has 0 N–H and O–H groups in total. The molecule has 0 heterocycles. The zero-order valence-corrected chi connectivity index (χ0v) is 8.21. The Kier molecular flexibility index (Phi) is 2.96. The molecule has 0 radical (unpaired) electrons. The number of hydrogen-bond acceptors (Lipinski definition) is 2. The van der Waals surface area contributed by atoms with Gasteiger partial charge in [-0.2, -0.15) is 0 Å². The van der Waals surface area contributed by atoms with Crippen LogP contribution in [0.15, 0.2) is 0 Å². The van der Waals surface area contributed by atoms with Crippen molar-refractivity contribution in [1.82, 2.24) is 0 Å². The molecule has 0 aliphatic carbocycles. The molecule has 0 aromatic heterocycles. The van der Waals surface area contributed by atoms with Gasteiger partial charge in [-0.25, -0.2) is 0 Å². The van der Waals surface area contributed by atoms with Gasteiger partial charge >= 0.3 is 0 Å². The number of carbonyl (C=O) groups is 1. The molecule has 0 atom stereocenters. The Balaban J connectivity index is 4.01. The van der Waals surface area contributed by atoms with Crippen LogP contribution in [0, 0.1) is 0 Å². The first-order valence-electron chi connectivity index (χ1n) is 3.43. The summed E-state index contributed by atoms with van der Waals surface area (Å²) in [5.74, 6) is 0. The maximum atomic E-state index is 10.5. The molecule has 0 bridgehead atoms. The van der Waals surface area contributed by atoms with E-state index in [4.69, 9.17) is 0 Å². The third-order valence-electron chi connectivity index (χ3n) is 0.853. The molecule has 0 aliphatic heterocycles. The normalized spacial score (nSPS) is 13.3. The lowest BCUT2D eigenvalue weighted by Crippen LogP contribution is -2.24. The predicted octanol–water partition coefficient (Wildman–Crippen LogP) is 2.50. The summed E-state index contributed by atoms with van der Waals surface area (Å²) >= 11 is 1.69. The van der Waals surface area contributed by atoms with Crippen molar-refractivity contribution in [3.8, 4) is 0 Å². The summed E-state index contributed by atoms with van der Waals surface area (Å²) in [6.07, 6.45) is 1.00. The van der Waals surface area contributed by atoms with Crippen molar-refractivity contribution in [2.45, 2.75) is 44.1 Å². The molecule has 0 saturated carbocycles. The van der Waals surface area contributed by atoms with Gasteiger partial charge in [0, 0.05) is 4.75 Å². The number of carbonyl (C=O) groups excluding carboxylic acids is 1. The highest BCUT2D eigenvalue weighted by Crippen LogP contribution is 2.34. The maximum absolute atomic E-state index is 10.5. The first-order chi connectivity index (χ1) is 4.27. The summed E-state index contributed by atoms with van der Waals surface area (Å²) in [7, 11) is 0. The Morgan fingerprint density at radius 2 is 1.50 bits per heavy atom. The lowest BCUT2D eigenvalue weighted by molar-refractivity contribution is -0.109. The van der Waals surface area contributed by atoms with Crippen LogP contribution in [-0.2, 0) is 4.79 Å². The fourth-order valence-corrected chi connectivity index (χ4v) is 2.44. The zero-order valence-electron chi connectivity index (χ0n) is 7.39. The van der Waals surface area contributed by atoms with Gasteiger partial charge in [-0.15, -0.1) is 11.8 Å². The molecule has 0 amide bonds. The van der Waals surface area contributed by atoms with E-state index in [0.717, 1.165) is 6.29 Å². The predicted molar refractivity (Wildman–Crippen MR) is 47.5 cm³/mol. The number of aldehydes is 1. The molecule has 1 nitrogen and oxygen atoms in total. The summed E-state index contributed by atoms with van der Waals surface area (Å²) in [6.45, 7) is 10.2. The quantitative estimate of drug-likeness (QED) is 0.577. The first-order valence-corrected chi connectivity index (χ1v) is 4.25. The molecule has 0 rings (SSSR count). The number of hydrogen-bond donors (Lipinski definition) is 0. The fourth-order valence-electron chi connectivity index (χ4n) is 0.813. The highest BCUT2D eigenvalue weighted by molar-refractivity contribution is 8.02. The molecule has 0 fully saturated rings. The molecular formula is C8H16OS. The van der Waals surface area contributed by atoms with E-state index in [1.165, 1.54) is 0 Å². The lowest BCUT2D eigenvalue weighted by atomic mass is 10.2. The third kappa shape index (κ3) is 4.86. The van der Waals surface area contributed by atoms with Crippen LogP contribution >= 0.6 is 11.8 Å². The average molecular weight is 160 g/mol. The fraction of sp³-hybridized carbons (Fsp3) is 0.875. The molecule has 60 valence electrons. The molecule has 0 spiro atoms. The van der Waals surface area contributed by atoms with E-state index in [9.17, 15) is 4.79 Å². The van der Waals surface area contributed by atoms with Crippen molar-refractivity contribution in [2.75, 3.05) is 0 Å². The van der Waals surface area contributed by atoms with E-state index in [2.05, 4.69) is 20.8 Å². The summed E-state index contributed by atoms with van der Waals surface area (Å²) in [5.41, 5.74) is 0. The summed E-state index contributed by atoms with van der Waals surface area (Å²) in [4.78, 5) is 10.5. The van der Waals surface area contributed by atoms with Crippen LogP contribution in [0.5, 0.6) is 0 Å². The molecule has 10 heavy (non-hydrogen) atoms. The molecular weight excluding hydrogens is 144 g/mol. The van der Waals surface area contributed by atoms with Gasteiger partial charge in [-0.1, -0.05) is 20.8 Å². The second-order valence-corrected chi connectivity index (χ2v) is 6.42. The first kappa shape index (κ1) is 10.0. The van der Waals surface area contributed by atoms with Gasteiger partial charge < -0.3 is 4.79 Å². The van der Waals surface area contributed by atoms with Gasteiger partial charge in [0.2, 0.25) is 0 Å². The van der Waals surface area contributed by atoms with Gasteiger partial charge in [0.15, 0.2) is 0 Å². The monoisotopic (exact) mass is 160 g/mol. The van der Waals surface area contributed by atoms with Crippen molar-refractivity contribution < 1.29 is 4.79 Å². The molecule has 0 saturated heterocycles. The minimum atomic E-state index is -0.238. The Morgan fingerprint density at radius 3 is 1.60 bits per heavy atom. The lowest BCUT2D eigenvalue weighted by Gasteiger charge is -2.26.